The first-order valence-corrected chi connectivity index (χ1v) is 10.4. The minimum absolute atomic E-state index is 0.0841. The number of aryl methyl sites for hydroxylation is 3. The van der Waals surface area contributed by atoms with Crippen molar-refractivity contribution < 1.29 is 19.4 Å². The van der Waals surface area contributed by atoms with Gasteiger partial charge in [0.1, 0.15) is 11.5 Å². The van der Waals surface area contributed by atoms with Crippen molar-refractivity contribution in [1.29, 1.82) is 0 Å². The molecule has 0 aromatic heterocycles. The molecule has 5 heteroatoms. The van der Waals surface area contributed by atoms with Crippen LogP contribution in [-0.2, 0) is 9.59 Å². The minimum Gasteiger partial charge on any atom is -0.507 e. The molecule has 0 saturated carbocycles. The molecule has 0 spiro atoms. The van der Waals surface area contributed by atoms with Gasteiger partial charge in [-0.3, -0.25) is 14.5 Å². The molecule has 1 aliphatic heterocycles. The van der Waals surface area contributed by atoms with Gasteiger partial charge in [0.25, 0.3) is 11.7 Å². The van der Waals surface area contributed by atoms with E-state index in [4.69, 9.17) is 4.74 Å². The summed E-state index contributed by atoms with van der Waals surface area (Å²) < 4.78 is 5.38. The lowest BCUT2D eigenvalue weighted by Gasteiger charge is -2.26. The molecule has 0 bridgehead atoms. The van der Waals surface area contributed by atoms with Crippen LogP contribution in [0.2, 0.25) is 0 Å². The number of rotatable bonds is 4. The number of benzene rings is 3. The number of carbonyl (C=O) groups excluding carboxylic acids is 2. The van der Waals surface area contributed by atoms with Crippen molar-refractivity contribution in [3.05, 3.63) is 100 Å². The highest BCUT2D eigenvalue weighted by atomic mass is 16.5. The number of amides is 1. The quantitative estimate of drug-likeness (QED) is 0.351. The number of Topliss-reactive ketones (excluding diaryl/α,β-unsaturated/α-hetero) is 1. The van der Waals surface area contributed by atoms with E-state index in [0.29, 0.717) is 17.0 Å². The molecule has 1 heterocycles. The van der Waals surface area contributed by atoms with Gasteiger partial charge in [-0.2, -0.15) is 0 Å². The Labute approximate surface area is 187 Å². The van der Waals surface area contributed by atoms with E-state index in [2.05, 4.69) is 0 Å². The molecule has 1 atom stereocenters. The maximum atomic E-state index is 13.3. The van der Waals surface area contributed by atoms with Crippen LogP contribution < -0.4 is 9.64 Å². The third-order valence-electron chi connectivity index (χ3n) is 5.96. The van der Waals surface area contributed by atoms with Gasteiger partial charge < -0.3 is 9.84 Å². The Morgan fingerprint density at radius 3 is 2.19 bits per heavy atom. The topological polar surface area (TPSA) is 66.8 Å². The first-order valence-electron chi connectivity index (χ1n) is 10.4. The van der Waals surface area contributed by atoms with E-state index in [1.165, 1.54) is 4.90 Å². The number of hydrogen-bond acceptors (Lipinski definition) is 4. The van der Waals surface area contributed by atoms with Gasteiger partial charge in [-0.1, -0.05) is 42.5 Å². The molecule has 162 valence electrons. The Hall–Kier alpha value is -3.86. The first-order chi connectivity index (χ1) is 15.3. The van der Waals surface area contributed by atoms with Gasteiger partial charge in [-0.05, 0) is 67.3 Å². The summed E-state index contributed by atoms with van der Waals surface area (Å²) in [5.41, 5.74) is 4.48. The zero-order valence-electron chi connectivity index (χ0n) is 18.5. The van der Waals surface area contributed by atoms with Crippen LogP contribution >= 0.6 is 0 Å². The second-order valence-corrected chi connectivity index (χ2v) is 8.00. The second-order valence-electron chi connectivity index (χ2n) is 8.00. The highest BCUT2D eigenvalue weighted by Gasteiger charge is 2.47. The normalized spacial score (nSPS) is 17.6. The molecule has 1 amide bonds. The number of para-hydroxylation sites is 1. The Balaban J connectivity index is 2.00. The lowest BCUT2D eigenvalue weighted by molar-refractivity contribution is -0.132. The Morgan fingerprint density at radius 1 is 0.875 bits per heavy atom. The molecular formula is C27H25NO4. The smallest absolute Gasteiger partial charge is 0.300 e. The SMILES string of the molecule is COc1cc(C)c(/C(O)=C2\C(=O)C(=O)N(c3ccccc3)C2c2ccccc2C)cc1C. The van der Waals surface area contributed by atoms with Crippen LogP contribution in [0.4, 0.5) is 5.69 Å². The van der Waals surface area contributed by atoms with Crippen molar-refractivity contribution in [2.45, 2.75) is 26.8 Å². The van der Waals surface area contributed by atoms with Crippen LogP contribution in [0.15, 0.2) is 72.3 Å². The Kier molecular flexibility index (Phi) is 5.57. The summed E-state index contributed by atoms with van der Waals surface area (Å²) in [7, 11) is 1.59. The zero-order valence-corrected chi connectivity index (χ0v) is 18.5. The number of anilines is 1. The molecule has 1 unspecified atom stereocenters. The van der Waals surface area contributed by atoms with E-state index in [9.17, 15) is 14.7 Å². The van der Waals surface area contributed by atoms with Crippen molar-refractivity contribution in [2.75, 3.05) is 12.0 Å². The summed E-state index contributed by atoms with van der Waals surface area (Å²) in [5, 5.41) is 11.4. The molecule has 1 saturated heterocycles. The summed E-state index contributed by atoms with van der Waals surface area (Å²) in [6, 6.07) is 19.5. The molecule has 1 aliphatic rings. The van der Waals surface area contributed by atoms with Crippen molar-refractivity contribution in [2.24, 2.45) is 0 Å². The molecule has 5 nitrogen and oxygen atoms in total. The Morgan fingerprint density at radius 2 is 1.53 bits per heavy atom. The largest absolute Gasteiger partial charge is 0.507 e. The predicted octanol–water partition coefficient (Wildman–Crippen LogP) is 5.25. The van der Waals surface area contributed by atoms with E-state index < -0.39 is 17.7 Å². The summed E-state index contributed by atoms with van der Waals surface area (Å²) in [6.07, 6.45) is 0. The van der Waals surface area contributed by atoms with Gasteiger partial charge in [-0.25, -0.2) is 0 Å². The van der Waals surface area contributed by atoms with Crippen molar-refractivity contribution >= 4 is 23.1 Å². The molecule has 0 radical (unpaired) electrons. The summed E-state index contributed by atoms with van der Waals surface area (Å²) in [4.78, 5) is 28.0. The van der Waals surface area contributed by atoms with E-state index >= 15 is 0 Å². The highest BCUT2D eigenvalue weighted by Crippen LogP contribution is 2.43. The number of methoxy groups -OCH3 is 1. The Bertz CT molecular complexity index is 1240. The fourth-order valence-corrected chi connectivity index (χ4v) is 4.29. The molecule has 32 heavy (non-hydrogen) atoms. The van der Waals surface area contributed by atoms with Gasteiger partial charge in [0.15, 0.2) is 0 Å². The van der Waals surface area contributed by atoms with Crippen LogP contribution in [0.5, 0.6) is 5.75 Å². The molecular weight excluding hydrogens is 402 g/mol. The summed E-state index contributed by atoms with van der Waals surface area (Å²) >= 11 is 0. The maximum absolute atomic E-state index is 13.3. The lowest BCUT2D eigenvalue weighted by Crippen LogP contribution is -2.29. The molecule has 4 rings (SSSR count). The predicted molar refractivity (Wildman–Crippen MR) is 125 cm³/mol. The van der Waals surface area contributed by atoms with E-state index in [1.807, 2.05) is 69.3 Å². The molecule has 1 fully saturated rings. The third-order valence-corrected chi connectivity index (χ3v) is 5.96. The average molecular weight is 428 g/mol. The van der Waals surface area contributed by atoms with Crippen LogP contribution in [-0.4, -0.2) is 23.9 Å². The highest BCUT2D eigenvalue weighted by molar-refractivity contribution is 6.51. The van der Waals surface area contributed by atoms with Gasteiger partial charge in [0.05, 0.1) is 18.7 Å². The first kappa shape index (κ1) is 21.4. The van der Waals surface area contributed by atoms with Crippen LogP contribution in [0, 0.1) is 20.8 Å². The molecule has 0 aliphatic carbocycles. The summed E-state index contributed by atoms with van der Waals surface area (Å²) in [6.45, 7) is 5.65. The van der Waals surface area contributed by atoms with Crippen LogP contribution in [0.1, 0.15) is 33.9 Å². The second kappa shape index (κ2) is 8.35. The minimum atomic E-state index is -0.736. The fourth-order valence-electron chi connectivity index (χ4n) is 4.29. The number of hydrogen-bond donors (Lipinski definition) is 1. The molecule has 3 aromatic rings. The zero-order chi connectivity index (χ0) is 23.0. The van der Waals surface area contributed by atoms with Gasteiger partial charge in [0.2, 0.25) is 0 Å². The maximum Gasteiger partial charge on any atom is 0.300 e. The lowest BCUT2D eigenvalue weighted by atomic mass is 9.91. The fraction of sp³-hybridized carbons (Fsp3) is 0.185. The number of nitrogens with zero attached hydrogens (tertiary/aromatic N) is 1. The summed E-state index contributed by atoms with van der Waals surface area (Å²) in [5.74, 6) is -0.848. The number of ether oxygens (including phenoxy) is 1. The number of ketones is 1. The third kappa shape index (κ3) is 3.46. The van der Waals surface area contributed by atoms with Crippen LogP contribution in [0.3, 0.4) is 0 Å². The van der Waals surface area contributed by atoms with Gasteiger partial charge in [-0.15, -0.1) is 0 Å². The van der Waals surface area contributed by atoms with Crippen LogP contribution in [0.25, 0.3) is 5.76 Å². The van der Waals surface area contributed by atoms with E-state index in [0.717, 1.165) is 22.3 Å². The monoisotopic (exact) mass is 427 g/mol. The number of aliphatic hydroxyl groups is 1. The van der Waals surface area contributed by atoms with Crippen molar-refractivity contribution in [1.82, 2.24) is 0 Å². The van der Waals surface area contributed by atoms with Gasteiger partial charge >= 0.3 is 0 Å². The molecule has 1 N–H and O–H groups in total. The van der Waals surface area contributed by atoms with Crippen molar-refractivity contribution in [3.63, 3.8) is 0 Å². The van der Waals surface area contributed by atoms with E-state index in [1.54, 1.807) is 25.3 Å². The van der Waals surface area contributed by atoms with Crippen molar-refractivity contribution in [3.8, 4) is 5.75 Å². The number of aliphatic hydroxyl groups excluding tert-OH is 1. The number of carbonyl (C=O) groups is 2. The van der Waals surface area contributed by atoms with Gasteiger partial charge in [0, 0.05) is 11.3 Å². The van der Waals surface area contributed by atoms with E-state index in [-0.39, 0.29) is 11.3 Å². The standard InChI is InChI=1S/C27H25NO4/c1-16-10-8-9-13-20(16)24-23(25(29)21-14-18(3)22(32-4)15-17(21)2)26(30)27(31)28(24)19-11-6-5-7-12-19/h5-15,24,29H,1-4H3/b25-23+. The molecule has 3 aromatic carbocycles. The average Bonchev–Trinajstić information content (AvgIpc) is 3.06.